The maximum atomic E-state index is 12.3. The second-order valence-corrected chi connectivity index (χ2v) is 8.44. The summed E-state index contributed by atoms with van der Waals surface area (Å²) in [6.45, 7) is 2.20. The number of hydrogen-bond donors (Lipinski definition) is 1. The molecular formula is C24H28N6O. The molecule has 0 amide bonds. The fourth-order valence-corrected chi connectivity index (χ4v) is 4.62. The van der Waals surface area contributed by atoms with E-state index in [2.05, 4.69) is 31.2 Å². The minimum Gasteiger partial charge on any atom is -0.370 e. The topological polar surface area (TPSA) is 75.9 Å². The number of rotatable bonds is 5. The van der Waals surface area contributed by atoms with Gasteiger partial charge in [-0.25, -0.2) is 15.0 Å². The highest BCUT2D eigenvalue weighted by Gasteiger charge is 2.18. The second kappa shape index (κ2) is 8.88. The lowest BCUT2D eigenvalue weighted by atomic mass is 10.1. The van der Waals surface area contributed by atoms with Gasteiger partial charge in [-0.1, -0.05) is 12.8 Å². The van der Waals surface area contributed by atoms with Crippen molar-refractivity contribution in [2.45, 2.75) is 51.0 Å². The van der Waals surface area contributed by atoms with Crippen molar-refractivity contribution < 1.29 is 0 Å². The monoisotopic (exact) mass is 416 g/mol. The van der Waals surface area contributed by atoms with Gasteiger partial charge in [0.05, 0.1) is 17.6 Å². The van der Waals surface area contributed by atoms with Crippen molar-refractivity contribution in [3.63, 3.8) is 0 Å². The van der Waals surface area contributed by atoms with E-state index >= 15 is 0 Å². The molecule has 4 heterocycles. The van der Waals surface area contributed by atoms with Crippen molar-refractivity contribution in [3.8, 4) is 11.3 Å². The van der Waals surface area contributed by atoms with Crippen LogP contribution in [0.4, 0.5) is 17.5 Å². The zero-order valence-corrected chi connectivity index (χ0v) is 17.7. The van der Waals surface area contributed by atoms with Crippen LogP contribution >= 0.6 is 0 Å². The van der Waals surface area contributed by atoms with Crippen LogP contribution in [-0.4, -0.2) is 32.6 Å². The summed E-state index contributed by atoms with van der Waals surface area (Å²) in [7, 11) is 0. The smallest absolute Gasteiger partial charge is 0.250 e. The van der Waals surface area contributed by atoms with E-state index in [0.29, 0.717) is 17.8 Å². The Kier molecular flexibility index (Phi) is 5.65. The summed E-state index contributed by atoms with van der Waals surface area (Å²) in [5.74, 6) is 1.21. The Balaban J connectivity index is 1.33. The van der Waals surface area contributed by atoms with Gasteiger partial charge in [0, 0.05) is 43.2 Å². The molecule has 1 saturated heterocycles. The third-order valence-electron chi connectivity index (χ3n) is 6.32. The van der Waals surface area contributed by atoms with E-state index < -0.39 is 0 Å². The van der Waals surface area contributed by atoms with E-state index in [1.807, 2.05) is 35.2 Å². The number of nitrogens with one attached hydrogen (secondary N) is 1. The molecule has 0 atom stereocenters. The Bertz CT molecular complexity index is 1080. The molecule has 1 aliphatic carbocycles. The summed E-state index contributed by atoms with van der Waals surface area (Å²) >= 11 is 0. The highest BCUT2D eigenvalue weighted by Crippen LogP contribution is 2.29. The number of piperidine rings is 1. The number of hydrogen-bond acceptors (Lipinski definition) is 6. The molecule has 31 heavy (non-hydrogen) atoms. The second-order valence-electron chi connectivity index (χ2n) is 8.44. The van der Waals surface area contributed by atoms with Gasteiger partial charge in [-0.3, -0.25) is 4.79 Å². The molecule has 0 bridgehead atoms. The van der Waals surface area contributed by atoms with Crippen LogP contribution in [0.2, 0.25) is 0 Å². The van der Waals surface area contributed by atoms with E-state index in [-0.39, 0.29) is 5.56 Å². The van der Waals surface area contributed by atoms with Crippen LogP contribution in [-0.2, 0) is 0 Å². The lowest BCUT2D eigenvalue weighted by molar-refractivity contribution is 0.503. The molecule has 0 radical (unpaired) electrons. The van der Waals surface area contributed by atoms with Crippen molar-refractivity contribution in [2.75, 3.05) is 23.3 Å². The van der Waals surface area contributed by atoms with E-state index in [0.717, 1.165) is 42.9 Å². The van der Waals surface area contributed by atoms with Crippen molar-refractivity contribution >= 4 is 17.5 Å². The van der Waals surface area contributed by atoms with E-state index in [9.17, 15) is 4.79 Å². The van der Waals surface area contributed by atoms with Gasteiger partial charge in [0.15, 0.2) is 0 Å². The van der Waals surface area contributed by atoms with Crippen LogP contribution in [0.3, 0.4) is 0 Å². The molecule has 3 aromatic heterocycles. The zero-order valence-electron chi connectivity index (χ0n) is 17.7. The van der Waals surface area contributed by atoms with Crippen LogP contribution < -0.4 is 15.8 Å². The first kappa shape index (κ1) is 19.7. The molecular weight excluding hydrogens is 388 g/mol. The van der Waals surface area contributed by atoms with Gasteiger partial charge < -0.3 is 14.8 Å². The molecule has 7 nitrogen and oxygen atoms in total. The summed E-state index contributed by atoms with van der Waals surface area (Å²) in [4.78, 5) is 28.3. The molecule has 1 aliphatic heterocycles. The minimum absolute atomic E-state index is 0.0565. The lowest BCUT2D eigenvalue weighted by Crippen LogP contribution is -2.29. The average molecular weight is 417 g/mol. The molecule has 2 fully saturated rings. The zero-order chi connectivity index (χ0) is 21.0. The molecule has 2 aliphatic rings. The van der Waals surface area contributed by atoms with Crippen LogP contribution in [0.15, 0.2) is 53.7 Å². The molecule has 160 valence electrons. The highest BCUT2D eigenvalue weighted by molar-refractivity contribution is 5.61. The first-order valence-corrected chi connectivity index (χ1v) is 11.3. The maximum absolute atomic E-state index is 12.3. The van der Waals surface area contributed by atoms with Gasteiger partial charge in [-0.15, -0.1) is 0 Å². The standard InChI is InChI=1S/C24H28N6O/c31-23-11-8-18(17-30(23)19-6-2-3-7-19)21-12-13-25-24(27-21)28-22-10-9-20(16-26-22)29-14-4-1-5-15-29/h8-13,16-17,19H,1-7,14-15H2,(H,25,26,27,28). The van der Waals surface area contributed by atoms with E-state index in [4.69, 9.17) is 0 Å². The predicted octanol–water partition coefficient (Wildman–Crippen LogP) is 4.55. The van der Waals surface area contributed by atoms with Gasteiger partial charge in [0.2, 0.25) is 5.95 Å². The molecule has 5 rings (SSSR count). The van der Waals surface area contributed by atoms with Gasteiger partial charge in [0.25, 0.3) is 5.56 Å². The largest absolute Gasteiger partial charge is 0.370 e. The summed E-state index contributed by atoms with van der Waals surface area (Å²) in [5, 5.41) is 3.20. The van der Waals surface area contributed by atoms with Crippen molar-refractivity contribution in [2.24, 2.45) is 0 Å². The number of anilines is 3. The summed E-state index contributed by atoms with van der Waals surface area (Å²) in [5.41, 5.74) is 2.93. The van der Waals surface area contributed by atoms with E-state index in [1.54, 1.807) is 12.3 Å². The number of pyridine rings is 2. The molecule has 1 saturated carbocycles. The Morgan fingerprint density at radius 1 is 0.903 bits per heavy atom. The van der Waals surface area contributed by atoms with E-state index in [1.165, 1.54) is 32.1 Å². The molecule has 3 aromatic rings. The molecule has 0 aromatic carbocycles. The Labute approximate surface area is 182 Å². The first-order chi connectivity index (χ1) is 15.3. The third kappa shape index (κ3) is 4.45. The summed E-state index contributed by atoms with van der Waals surface area (Å²) in [6, 6.07) is 9.73. The normalized spacial score (nSPS) is 17.1. The van der Waals surface area contributed by atoms with Crippen molar-refractivity contribution in [1.29, 1.82) is 0 Å². The molecule has 0 unspecified atom stereocenters. The van der Waals surface area contributed by atoms with Crippen LogP contribution in [0.1, 0.15) is 51.0 Å². The molecule has 0 spiro atoms. The number of nitrogens with zero attached hydrogens (tertiary/aromatic N) is 5. The molecule has 1 N–H and O–H groups in total. The average Bonchev–Trinajstić information content (AvgIpc) is 3.35. The van der Waals surface area contributed by atoms with Crippen LogP contribution in [0.5, 0.6) is 0 Å². The van der Waals surface area contributed by atoms with Crippen molar-refractivity contribution in [3.05, 3.63) is 59.3 Å². The highest BCUT2D eigenvalue weighted by atomic mass is 16.1. The van der Waals surface area contributed by atoms with Gasteiger partial charge in [-0.2, -0.15) is 0 Å². The van der Waals surface area contributed by atoms with Crippen LogP contribution in [0.25, 0.3) is 11.3 Å². The Hall–Kier alpha value is -3.22. The Morgan fingerprint density at radius 2 is 1.74 bits per heavy atom. The quantitative estimate of drug-likeness (QED) is 0.658. The predicted molar refractivity (Wildman–Crippen MR) is 123 cm³/mol. The lowest BCUT2D eigenvalue weighted by Gasteiger charge is -2.28. The van der Waals surface area contributed by atoms with Crippen molar-refractivity contribution in [1.82, 2.24) is 19.5 Å². The SMILES string of the molecule is O=c1ccc(-c2ccnc(Nc3ccc(N4CCCCC4)cn3)n2)cn1C1CCCC1. The third-order valence-corrected chi connectivity index (χ3v) is 6.32. The summed E-state index contributed by atoms with van der Waals surface area (Å²) < 4.78 is 1.87. The Morgan fingerprint density at radius 3 is 2.52 bits per heavy atom. The molecule has 7 heteroatoms. The maximum Gasteiger partial charge on any atom is 0.250 e. The minimum atomic E-state index is 0.0565. The first-order valence-electron chi connectivity index (χ1n) is 11.3. The number of aromatic nitrogens is 4. The van der Waals surface area contributed by atoms with Gasteiger partial charge >= 0.3 is 0 Å². The van der Waals surface area contributed by atoms with Crippen LogP contribution in [0, 0.1) is 0 Å². The fraction of sp³-hybridized carbons (Fsp3) is 0.417. The van der Waals surface area contributed by atoms with Gasteiger partial charge in [-0.05, 0) is 56.4 Å². The van der Waals surface area contributed by atoms with Gasteiger partial charge in [0.1, 0.15) is 5.82 Å². The fourth-order valence-electron chi connectivity index (χ4n) is 4.62. The summed E-state index contributed by atoms with van der Waals surface area (Å²) in [6.07, 6.45) is 13.9.